The van der Waals surface area contributed by atoms with E-state index in [1.54, 1.807) is 45.9 Å². The van der Waals surface area contributed by atoms with Gasteiger partial charge in [-0.15, -0.1) is 0 Å². The predicted molar refractivity (Wildman–Crippen MR) is 91.6 cm³/mol. The molecule has 0 spiro atoms. The number of amides is 3. The summed E-state index contributed by atoms with van der Waals surface area (Å²) >= 11 is 0. The Morgan fingerprint density at radius 3 is 2.28 bits per heavy atom. The highest BCUT2D eigenvalue weighted by molar-refractivity contribution is 6.09. The lowest BCUT2D eigenvalue weighted by Gasteiger charge is -2.24. The second-order valence-electron chi connectivity index (χ2n) is 7.19. The number of urea groups is 1. The quantitative estimate of drug-likeness (QED) is 0.824. The maximum atomic E-state index is 12.9. The maximum Gasteiger partial charge on any atom is 0.325 e. The molecule has 2 rings (SSSR count). The van der Waals surface area contributed by atoms with E-state index in [1.807, 2.05) is 0 Å². The third-order valence-electron chi connectivity index (χ3n) is 4.37. The molecule has 1 atom stereocenters. The summed E-state index contributed by atoms with van der Waals surface area (Å²) in [6, 6.07) is 4.42. The number of nitrogens with one attached hydrogen (secondary N) is 1. The van der Waals surface area contributed by atoms with E-state index in [0.717, 1.165) is 4.90 Å². The number of hydrogen-bond donors (Lipinski definition) is 1. The molecule has 0 bridgehead atoms. The minimum Gasteiger partial charge on any atom is -0.493 e. The molecule has 3 amide bonds. The van der Waals surface area contributed by atoms with Gasteiger partial charge in [-0.25, -0.2) is 4.79 Å². The lowest BCUT2D eigenvalue weighted by molar-refractivity contribution is -0.136. The van der Waals surface area contributed by atoms with Gasteiger partial charge in [0, 0.05) is 5.41 Å². The van der Waals surface area contributed by atoms with Crippen LogP contribution in [0.25, 0.3) is 0 Å². The first kappa shape index (κ1) is 18.8. The van der Waals surface area contributed by atoms with Crippen molar-refractivity contribution in [1.82, 2.24) is 10.2 Å². The average molecular weight is 348 g/mol. The zero-order valence-corrected chi connectivity index (χ0v) is 15.4. The minimum atomic E-state index is -1.27. The zero-order chi connectivity index (χ0) is 19.0. The lowest BCUT2D eigenvalue weighted by Crippen LogP contribution is -2.42. The third kappa shape index (κ3) is 3.31. The molecule has 1 aliphatic rings. The van der Waals surface area contributed by atoms with Crippen LogP contribution >= 0.6 is 0 Å². The van der Waals surface area contributed by atoms with Crippen molar-refractivity contribution in [1.29, 1.82) is 0 Å². The van der Waals surface area contributed by atoms with Crippen molar-refractivity contribution in [3.05, 3.63) is 23.8 Å². The van der Waals surface area contributed by atoms with Gasteiger partial charge in [-0.1, -0.05) is 26.8 Å². The largest absolute Gasteiger partial charge is 0.493 e. The fourth-order valence-corrected chi connectivity index (χ4v) is 2.56. The number of benzene rings is 1. The van der Waals surface area contributed by atoms with Gasteiger partial charge in [0.25, 0.3) is 5.91 Å². The van der Waals surface area contributed by atoms with Gasteiger partial charge in [-0.3, -0.25) is 14.5 Å². The van der Waals surface area contributed by atoms with E-state index in [-0.39, 0.29) is 12.3 Å². The van der Waals surface area contributed by atoms with E-state index in [0.29, 0.717) is 17.1 Å². The number of carbonyl (C=O) groups is 3. The molecule has 0 aromatic heterocycles. The van der Waals surface area contributed by atoms with Gasteiger partial charge in [0.05, 0.1) is 20.8 Å². The molecule has 7 heteroatoms. The lowest BCUT2D eigenvalue weighted by atomic mass is 9.89. The molecule has 0 radical (unpaired) electrons. The summed E-state index contributed by atoms with van der Waals surface area (Å²) in [6.07, 6.45) is 0. The molecule has 1 N–H and O–H groups in total. The van der Waals surface area contributed by atoms with E-state index < -0.39 is 22.9 Å². The number of ketones is 1. The fraction of sp³-hybridized carbons (Fsp3) is 0.500. The minimum absolute atomic E-state index is 0.187. The molecular weight excluding hydrogens is 324 g/mol. The normalized spacial score (nSPS) is 20.5. The summed E-state index contributed by atoms with van der Waals surface area (Å²) in [7, 11) is 3.01. The molecule has 1 saturated heterocycles. The number of ether oxygens (including phenoxy) is 2. The first-order chi connectivity index (χ1) is 11.5. The Kier molecular flexibility index (Phi) is 4.79. The average Bonchev–Trinajstić information content (AvgIpc) is 2.77. The number of nitrogens with zero attached hydrogens (tertiary/aromatic N) is 1. The van der Waals surface area contributed by atoms with Gasteiger partial charge in [-0.2, -0.15) is 0 Å². The standard InChI is InChI=1S/C18H24N2O5/c1-17(2,3)14(21)10-20-15(22)18(4,19-16(20)23)11-7-8-12(24-5)13(9-11)25-6/h7-9H,10H2,1-6H3,(H,19,23)/t18-/m0/s1. The van der Waals surface area contributed by atoms with Gasteiger partial charge in [-0.05, 0) is 24.6 Å². The smallest absolute Gasteiger partial charge is 0.325 e. The van der Waals surface area contributed by atoms with Crippen molar-refractivity contribution in [2.75, 3.05) is 20.8 Å². The fourth-order valence-electron chi connectivity index (χ4n) is 2.56. The van der Waals surface area contributed by atoms with Crippen LogP contribution in [0.2, 0.25) is 0 Å². The van der Waals surface area contributed by atoms with E-state index in [4.69, 9.17) is 9.47 Å². The number of methoxy groups -OCH3 is 2. The molecule has 0 aliphatic carbocycles. The topological polar surface area (TPSA) is 84.9 Å². The summed E-state index contributed by atoms with van der Waals surface area (Å²) in [6.45, 7) is 6.61. The molecule has 1 aliphatic heterocycles. The number of rotatable bonds is 5. The molecule has 1 fully saturated rings. The Bertz CT molecular complexity index is 723. The second-order valence-corrected chi connectivity index (χ2v) is 7.19. The monoisotopic (exact) mass is 348 g/mol. The number of imide groups is 1. The highest BCUT2D eigenvalue weighted by Crippen LogP contribution is 2.35. The molecule has 0 saturated carbocycles. The van der Waals surface area contributed by atoms with Gasteiger partial charge in [0.2, 0.25) is 0 Å². The Morgan fingerprint density at radius 1 is 1.16 bits per heavy atom. The van der Waals surface area contributed by atoms with Crippen LogP contribution in [-0.4, -0.2) is 43.4 Å². The van der Waals surface area contributed by atoms with Crippen molar-refractivity contribution in [2.24, 2.45) is 5.41 Å². The van der Waals surface area contributed by atoms with Gasteiger partial charge < -0.3 is 14.8 Å². The second kappa shape index (κ2) is 6.38. The molecule has 7 nitrogen and oxygen atoms in total. The first-order valence-corrected chi connectivity index (χ1v) is 7.94. The molecule has 0 unspecified atom stereocenters. The van der Waals surface area contributed by atoms with E-state index in [1.165, 1.54) is 14.2 Å². The van der Waals surface area contributed by atoms with Crippen LogP contribution in [0.1, 0.15) is 33.3 Å². The van der Waals surface area contributed by atoms with Crippen LogP contribution in [0.4, 0.5) is 4.79 Å². The van der Waals surface area contributed by atoms with Crippen molar-refractivity contribution < 1.29 is 23.9 Å². The van der Waals surface area contributed by atoms with Crippen LogP contribution in [0.5, 0.6) is 11.5 Å². The van der Waals surface area contributed by atoms with Crippen LogP contribution in [0, 0.1) is 5.41 Å². The molecular formula is C18H24N2O5. The van der Waals surface area contributed by atoms with Crippen LogP contribution in [-0.2, 0) is 15.1 Å². The molecule has 136 valence electrons. The number of hydrogen-bond acceptors (Lipinski definition) is 5. The number of Topliss-reactive ketones (excluding diaryl/α,β-unsaturated/α-hetero) is 1. The van der Waals surface area contributed by atoms with E-state index >= 15 is 0 Å². The summed E-state index contributed by atoms with van der Waals surface area (Å²) in [5, 5.41) is 2.68. The van der Waals surface area contributed by atoms with Crippen LogP contribution in [0.3, 0.4) is 0 Å². The van der Waals surface area contributed by atoms with Crippen molar-refractivity contribution in [3.8, 4) is 11.5 Å². The Balaban J connectivity index is 2.35. The Labute approximate surface area is 147 Å². The first-order valence-electron chi connectivity index (χ1n) is 7.94. The van der Waals surface area contributed by atoms with Crippen LogP contribution in [0.15, 0.2) is 18.2 Å². The zero-order valence-electron chi connectivity index (χ0n) is 15.4. The maximum absolute atomic E-state index is 12.9. The summed E-state index contributed by atoms with van der Waals surface area (Å²) < 4.78 is 10.5. The predicted octanol–water partition coefficient (Wildman–Crippen LogP) is 2.09. The third-order valence-corrected chi connectivity index (χ3v) is 4.37. The summed E-state index contributed by atoms with van der Waals surface area (Å²) in [4.78, 5) is 38.4. The SMILES string of the molecule is COc1ccc([C@]2(C)NC(=O)N(CC(=O)C(C)(C)C)C2=O)cc1OC. The number of carbonyl (C=O) groups excluding carboxylic acids is 3. The highest BCUT2D eigenvalue weighted by Gasteiger charge is 2.50. The summed E-state index contributed by atoms with van der Waals surface area (Å²) in [5.41, 5.74) is -1.35. The van der Waals surface area contributed by atoms with Gasteiger partial charge in [0.15, 0.2) is 17.3 Å². The molecule has 1 heterocycles. The van der Waals surface area contributed by atoms with Gasteiger partial charge in [0.1, 0.15) is 5.54 Å². The van der Waals surface area contributed by atoms with E-state index in [9.17, 15) is 14.4 Å². The highest BCUT2D eigenvalue weighted by atomic mass is 16.5. The van der Waals surface area contributed by atoms with Crippen molar-refractivity contribution in [2.45, 2.75) is 33.2 Å². The Hall–Kier alpha value is -2.57. The molecule has 25 heavy (non-hydrogen) atoms. The van der Waals surface area contributed by atoms with Crippen LogP contribution < -0.4 is 14.8 Å². The molecule has 1 aromatic carbocycles. The Morgan fingerprint density at radius 2 is 1.76 bits per heavy atom. The van der Waals surface area contributed by atoms with Crippen molar-refractivity contribution in [3.63, 3.8) is 0 Å². The molecule has 1 aromatic rings. The summed E-state index contributed by atoms with van der Waals surface area (Å²) in [5.74, 6) is 0.314. The van der Waals surface area contributed by atoms with Gasteiger partial charge >= 0.3 is 6.03 Å². The van der Waals surface area contributed by atoms with E-state index in [2.05, 4.69) is 5.32 Å². The van der Waals surface area contributed by atoms with Crippen molar-refractivity contribution >= 4 is 17.7 Å².